The van der Waals surface area contributed by atoms with Gasteiger partial charge in [-0.2, -0.15) is 0 Å². The molecule has 1 aromatic rings. The van der Waals surface area contributed by atoms with E-state index in [0.717, 1.165) is 24.9 Å². The molecule has 116 valence electrons. The summed E-state index contributed by atoms with van der Waals surface area (Å²) in [6.45, 7) is 5.05. The first-order valence-corrected chi connectivity index (χ1v) is 8.88. The monoisotopic (exact) mass is 310 g/mol. The highest BCUT2D eigenvalue weighted by atomic mass is 32.2. The van der Waals surface area contributed by atoms with E-state index < -0.39 is 14.6 Å². The molecule has 1 aromatic heterocycles. The highest BCUT2D eigenvalue weighted by Gasteiger charge is 2.40. The first-order chi connectivity index (χ1) is 9.77. The predicted octanol–water partition coefficient (Wildman–Crippen LogP) is 2.39. The summed E-state index contributed by atoms with van der Waals surface area (Å²) in [7, 11) is -3.39. The van der Waals surface area contributed by atoms with Gasteiger partial charge in [0.15, 0.2) is 14.9 Å². The third kappa shape index (κ3) is 2.66. The summed E-state index contributed by atoms with van der Waals surface area (Å²) < 4.78 is 29.6. The number of nitrogens with one attached hydrogen (secondary N) is 1. The van der Waals surface area contributed by atoms with Gasteiger partial charge in [0, 0.05) is 0 Å². The largest absolute Gasteiger partial charge is 0.378 e. The van der Waals surface area contributed by atoms with Crippen LogP contribution in [0.4, 0.5) is 5.69 Å². The maximum Gasteiger partial charge on any atom is 0.200 e. The quantitative estimate of drug-likeness (QED) is 0.928. The summed E-state index contributed by atoms with van der Waals surface area (Å²) in [6, 6.07) is 3.69. The van der Waals surface area contributed by atoms with Gasteiger partial charge in [0.25, 0.3) is 0 Å². The maximum atomic E-state index is 12.3. The van der Waals surface area contributed by atoms with Crippen LogP contribution < -0.4 is 5.32 Å². The van der Waals surface area contributed by atoms with Gasteiger partial charge in [-0.05, 0) is 52.2 Å². The molecule has 2 aliphatic rings. The summed E-state index contributed by atoms with van der Waals surface area (Å²) in [5.74, 6) is 0. The smallest absolute Gasteiger partial charge is 0.200 e. The minimum absolute atomic E-state index is 0.129. The molecule has 3 heterocycles. The number of ether oxygens (including phenoxy) is 1. The zero-order chi connectivity index (χ0) is 15.3. The van der Waals surface area contributed by atoms with Crippen LogP contribution in [0.3, 0.4) is 0 Å². The van der Waals surface area contributed by atoms with Gasteiger partial charge < -0.3 is 10.1 Å². The first kappa shape index (κ1) is 14.8. The van der Waals surface area contributed by atoms with Crippen LogP contribution in [0.25, 0.3) is 0 Å². The molecule has 0 unspecified atom stereocenters. The van der Waals surface area contributed by atoms with Crippen LogP contribution in [-0.2, 0) is 14.6 Å². The molecule has 2 saturated heterocycles. The van der Waals surface area contributed by atoms with E-state index in [-0.39, 0.29) is 11.1 Å². The number of nitrogens with zero attached hydrogens (tertiary/aromatic N) is 1. The van der Waals surface area contributed by atoms with Crippen LogP contribution in [0.15, 0.2) is 23.4 Å². The van der Waals surface area contributed by atoms with E-state index in [4.69, 9.17) is 4.74 Å². The predicted molar refractivity (Wildman–Crippen MR) is 81.1 cm³/mol. The number of aromatic nitrogens is 1. The van der Waals surface area contributed by atoms with E-state index in [2.05, 4.69) is 10.3 Å². The Morgan fingerprint density at radius 2 is 2.05 bits per heavy atom. The molecule has 21 heavy (non-hydrogen) atoms. The highest BCUT2D eigenvalue weighted by Crippen LogP contribution is 2.36. The van der Waals surface area contributed by atoms with E-state index in [0.29, 0.717) is 12.1 Å². The first-order valence-electron chi connectivity index (χ1n) is 7.40. The molecule has 0 saturated carbocycles. The summed E-state index contributed by atoms with van der Waals surface area (Å²) in [5.41, 5.74) is 0.851. The number of fused-ring (bicyclic) bond motifs is 2. The van der Waals surface area contributed by atoms with Gasteiger partial charge in [0.05, 0.1) is 34.9 Å². The second kappa shape index (κ2) is 4.95. The second-order valence-electron chi connectivity index (χ2n) is 6.86. The van der Waals surface area contributed by atoms with Gasteiger partial charge in [-0.1, -0.05) is 0 Å². The minimum Gasteiger partial charge on any atom is -0.378 e. The van der Waals surface area contributed by atoms with Gasteiger partial charge >= 0.3 is 0 Å². The lowest BCUT2D eigenvalue weighted by Gasteiger charge is -2.22. The van der Waals surface area contributed by atoms with Crippen molar-refractivity contribution in [1.29, 1.82) is 0 Å². The normalized spacial score (nSPS) is 28.8. The number of anilines is 1. The van der Waals surface area contributed by atoms with Gasteiger partial charge in [0.1, 0.15) is 0 Å². The topological polar surface area (TPSA) is 68.3 Å². The van der Waals surface area contributed by atoms with Gasteiger partial charge in [0.2, 0.25) is 0 Å². The van der Waals surface area contributed by atoms with Crippen molar-refractivity contribution < 1.29 is 13.2 Å². The van der Waals surface area contributed by atoms with Crippen LogP contribution in [0.1, 0.15) is 40.0 Å². The Labute approximate surface area is 126 Å². The van der Waals surface area contributed by atoms with Crippen LogP contribution in [0, 0.1) is 0 Å². The molecule has 6 heteroatoms. The molecule has 0 radical (unpaired) electrons. The molecule has 0 aromatic carbocycles. The zero-order valence-electron chi connectivity index (χ0n) is 12.7. The second-order valence-corrected chi connectivity index (χ2v) is 9.51. The maximum absolute atomic E-state index is 12.3. The van der Waals surface area contributed by atoms with E-state index in [9.17, 15) is 8.42 Å². The zero-order valence-corrected chi connectivity index (χ0v) is 13.5. The number of rotatable bonds is 3. The molecule has 0 aliphatic carbocycles. The van der Waals surface area contributed by atoms with Crippen LogP contribution >= 0.6 is 0 Å². The molecule has 3 atom stereocenters. The molecule has 0 amide bonds. The van der Waals surface area contributed by atoms with Crippen molar-refractivity contribution in [1.82, 2.24) is 4.98 Å². The summed E-state index contributed by atoms with van der Waals surface area (Å²) in [6.07, 6.45) is 5.56. The molecule has 5 nitrogen and oxygen atoms in total. The molecule has 2 bridgehead atoms. The summed E-state index contributed by atoms with van der Waals surface area (Å²) in [4.78, 5) is 4.13. The van der Waals surface area contributed by atoms with Crippen molar-refractivity contribution in [2.24, 2.45) is 0 Å². The van der Waals surface area contributed by atoms with E-state index in [1.165, 1.54) is 0 Å². The van der Waals surface area contributed by atoms with Crippen molar-refractivity contribution in [3.05, 3.63) is 18.3 Å². The SMILES string of the molecule is CC(C)(C)S(=O)(=O)c1ccc(N[C@@H]2C[C@H]3CC[C@H]2O3)cn1. The Kier molecular flexibility index (Phi) is 3.48. The van der Waals surface area contributed by atoms with Crippen molar-refractivity contribution in [3.8, 4) is 0 Å². The molecule has 1 N–H and O–H groups in total. The lowest BCUT2D eigenvalue weighted by Crippen LogP contribution is -2.31. The fourth-order valence-corrected chi connectivity index (χ4v) is 4.01. The Hall–Kier alpha value is -1.14. The van der Waals surface area contributed by atoms with Crippen molar-refractivity contribution in [3.63, 3.8) is 0 Å². The fourth-order valence-electron chi connectivity index (χ4n) is 2.94. The Bertz CT molecular complexity index is 619. The van der Waals surface area contributed by atoms with E-state index >= 15 is 0 Å². The Morgan fingerprint density at radius 1 is 1.29 bits per heavy atom. The van der Waals surface area contributed by atoms with Crippen molar-refractivity contribution >= 4 is 15.5 Å². The van der Waals surface area contributed by atoms with Crippen molar-refractivity contribution in [2.75, 3.05) is 5.32 Å². The van der Waals surface area contributed by atoms with E-state index in [1.54, 1.807) is 39.1 Å². The Balaban J connectivity index is 1.73. The third-order valence-corrected chi connectivity index (χ3v) is 6.68. The van der Waals surface area contributed by atoms with Gasteiger partial charge in [-0.3, -0.25) is 0 Å². The highest BCUT2D eigenvalue weighted by molar-refractivity contribution is 7.92. The summed E-state index contributed by atoms with van der Waals surface area (Å²) >= 11 is 0. The number of hydrogen-bond acceptors (Lipinski definition) is 5. The van der Waals surface area contributed by atoms with E-state index in [1.807, 2.05) is 0 Å². The number of hydrogen-bond donors (Lipinski definition) is 1. The molecule has 3 rings (SSSR count). The fraction of sp³-hybridized carbons (Fsp3) is 0.667. The lowest BCUT2D eigenvalue weighted by molar-refractivity contribution is 0.102. The Morgan fingerprint density at radius 3 is 2.52 bits per heavy atom. The number of sulfone groups is 1. The summed E-state index contributed by atoms with van der Waals surface area (Å²) in [5, 5.41) is 3.54. The van der Waals surface area contributed by atoms with Crippen LogP contribution in [0.5, 0.6) is 0 Å². The molecule has 2 fully saturated rings. The average Bonchev–Trinajstić information content (AvgIpc) is 3.00. The standard InChI is InChI=1S/C15H22N2O3S/c1-15(2,3)21(18,19)14-7-4-10(9-16-14)17-12-8-11-5-6-13(12)20-11/h4,7,9,11-13,17H,5-6,8H2,1-3H3/t11-,12-,13-/m1/s1. The number of pyridine rings is 1. The minimum atomic E-state index is -3.39. The van der Waals surface area contributed by atoms with Gasteiger partial charge in [-0.15, -0.1) is 0 Å². The van der Waals surface area contributed by atoms with Crippen LogP contribution in [0.2, 0.25) is 0 Å². The lowest BCUT2D eigenvalue weighted by atomic mass is 9.95. The molecular weight excluding hydrogens is 288 g/mol. The van der Waals surface area contributed by atoms with Crippen molar-refractivity contribution in [2.45, 2.75) is 68.1 Å². The molecule has 0 spiro atoms. The third-order valence-electron chi connectivity index (χ3n) is 4.28. The average molecular weight is 310 g/mol. The van der Waals surface area contributed by atoms with Crippen LogP contribution in [-0.4, -0.2) is 36.4 Å². The molecule has 2 aliphatic heterocycles. The molecular formula is C15H22N2O3S. The van der Waals surface area contributed by atoms with Gasteiger partial charge in [-0.25, -0.2) is 13.4 Å².